The fourth-order valence-corrected chi connectivity index (χ4v) is 4.46. The normalized spacial score (nSPS) is 10.6. The van der Waals surface area contributed by atoms with Crippen molar-refractivity contribution in [3.63, 3.8) is 0 Å². The highest BCUT2D eigenvalue weighted by atomic mass is 35.5. The molecule has 0 radical (unpaired) electrons. The molecular formula is C51H82ClFN6O13. The first-order chi connectivity index (χ1) is 33.7. The number of amides is 6. The molecule has 0 fully saturated rings. The van der Waals surface area contributed by atoms with Gasteiger partial charge >= 0.3 is 17.9 Å². The van der Waals surface area contributed by atoms with Crippen molar-refractivity contribution in [3.8, 4) is 0 Å². The second-order valence-electron chi connectivity index (χ2n) is 16.0. The van der Waals surface area contributed by atoms with E-state index in [-0.39, 0.29) is 68.5 Å². The Labute approximate surface area is 430 Å². The van der Waals surface area contributed by atoms with Crippen LogP contribution < -0.4 is 32.7 Å². The first-order valence-corrected chi connectivity index (χ1v) is 23.5. The van der Waals surface area contributed by atoms with E-state index in [1.807, 2.05) is 55.4 Å². The van der Waals surface area contributed by atoms with Gasteiger partial charge in [0.1, 0.15) is 11.9 Å². The molecule has 408 valence electrons. The topological polar surface area (TPSA) is 313 Å². The fourth-order valence-electron chi connectivity index (χ4n) is 4.30. The number of rotatable bonds is 23. The minimum absolute atomic E-state index is 0.0171. The minimum Gasteiger partial charge on any atom is -0.480 e. The summed E-state index contributed by atoms with van der Waals surface area (Å²) >= 11 is 5.61. The number of hydrogen-bond acceptors (Lipinski definition) is 11. The number of methoxy groups -OCH3 is 1. The average Bonchev–Trinajstić information content (AvgIpc) is 3.30. The first kappa shape index (κ1) is 74.3. The molecule has 0 aliphatic heterocycles. The number of esters is 1. The summed E-state index contributed by atoms with van der Waals surface area (Å²) in [6.45, 7) is 23.4. The number of nitrogens with one attached hydrogen (secondary N) is 4. The van der Waals surface area contributed by atoms with Gasteiger partial charge in [0, 0.05) is 69.1 Å². The second-order valence-corrected chi connectivity index (χ2v) is 16.5. The largest absolute Gasteiger partial charge is 0.480 e. The van der Waals surface area contributed by atoms with Crippen molar-refractivity contribution >= 4 is 72.0 Å². The molecule has 21 heteroatoms. The maximum atomic E-state index is 13.3. The van der Waals surface area contributed by atoms with Gasteiger partial charge in [-0.3, -0.25) is 33.6 Å². The zero-order valence-corrected chi connectivity index (χ0v) is 44.7. The molecule has 72 heavy (non-hydrogen) atoms. The molecule has 0 aliphatic rings. The highest BCUT2D eigenvalue weighted by molar-refractivity contribution is 6.30. The van der Waals surface area contributed by atoms with E-state index in [1.54, 1.807) is 43.5 Å². The Morgan fingerprint density at radius 3 is 1.85 bits per heavy atom. The van der Waals surface area contributed by atoms with Crippen molar-refractivity contribution < 1.29 is 67.2 Å². The highest BCUT2D eigenvalue weighted by Gasteiger charge is 2.23. The van der Waals surface area contributed by atoms with Gasteiger partial charge in [-0.05, 0) is 97.4 Å². The van der Waals surface area contributed by atoms with Crippen molar-refractivity contribution in [1.29, 1.82) is 0 Å². The van der Waals surface area contributed by atoms with Gasteiger partial charge in [-0.2, -0.15) is 0 Å². The number of carbonyl (C=O) groups excluding carboxylic acids is 7. The number of carboxylic acid groups (broad SMARTS) is 2. The lowest BCUT2D eigenvalue weighted by molar-refractivity contribution is -0.164. The molecular weight excluding hydrogens is 959 g/mol. The van der Waals surface area contributed by atoms with E-state index in [0.717, 1.165) is 6.42 Å². The summed E-state index contributed by atoms with van der Waals surface area (Å²) in [7, 11) is 1.71. The number of nitrogens with two attached hydrogens (primary N) is 2. The van der Waals surface area contributed by atoms with Crippen LogP contribution in [-0.4, -0.2) is 109 Å². The molecule has 0 heterocycles. The van der Waals surface area contributed by atoms with E-state index in [4.69, 9.17) is 25.9 Å². The van der Waals surface area contributed by atoms with Crippen molar-refractivity contribution in [2.75, 3.05) is 20.2 Å². The number of benzene rings is 2. The van der Waals surface area contributed by atoms with Gasteiger partial charge in [0.15, 0.2) is 0 Å². The summed E-state index contributed by atoms with van der Waals surface area (Å²) < 4.78 is 23.2. The number of allylic oxidation sites excluding steroid dienone is 1. The predicted molar refractivity (Wildman–Crippen MR) is 279 cm³/mol. The monoisotopic (exact) mass is 1040 g/mol. The number of hydrogen-bond donors (Lipinski definition) is 8. The maximum Gasteiger partial charge on any atom is 0.345 e. The van der Waals surface area contributed by atoms with Gasteiger partial charge < -0.3 is 52.4 Å². The molecule has 10 N–H and O–H groups in total. The lowest BCUT2D eigenvalue weighted by Gasteiger charge is -2.15. The molecule has 2 aromatic rings. The summed E-state index contributed by atoms with van der Waals surface area (Å²) in [6.07, 6.45) is 4.34. The number of carbonyl (C=O) groups is 9. The molecule has 1 unspecified atom stereocenters. The third kappa shape index (κ3) is 54.3. The van der Waals surface area contributed by atoms with Crippen LogP contribution in [0.2, 0.25) is 5.02 Å². The van der Waals surface area contributed by atoms with E-state index in [0.29, 0.717) is 48.4 Å². The Morgan fingerprint density at radius 1 is 0.861 bits per heavy atom. The fraction of sp³-hybridized carbons (Fsp3) is 0.510. The summed E-state index contributed by atoms with van der Waals surface area (Å²) in [5.41, 5.74) is 11.0. The van der Waals surface area contributed by atoms with Crippen molar-refractivity contribution in [2.45, 2.75) is 151 Å². The van der Waals surface area contributed by atoms with E-state index < -0.39 is 47.7 Å². The van der Waals surface area contributed by atoms with Gasteiger partial charge in [-0.25, -0.2) is 14.0 Å². The molecule has 0 saturated heterocycles. The molecule has 2 atom stereocenters. The number of ether oxygens (including phenoxy) is 2. The van der Waals surface area contributed by atoms with E-state index in [1.165, 1.54) is 36.8 Å². The quantitative estimate of drug-likeness (QED) is 0.0196. The van der Waals surface area contributed by atoms with Gasteiger partial charge in [-0.15, -0.1) is 6.58 Å². The molecule has 0 aromatic heterocycles. The molecule has 2 rings (SSSR count). The number of aliphatic carboxylic acids is 2. The Morgan fingerprint density at radius 2 is 1.40 bits per heavy atom. The van der Waals surface area contributed by atoms with Crippen LogP contribution >= 0.6 is 11.6 Å². The van der Waals surface area contributed by atoms with E-state index >= 15 is 0 Å². The third-order valence-corrected chi connectivity index (χ3v) is 8.31. The Hall–Kier alpha value is -6.67. The smallest absolute Gasteiger partial charge is 0.345 e. The lowest BCUT2D eigenvalue weighted by Crippen LogP contribution is -2.41. The SMILES string of the molecule is C=C(C)CC.CC.CC(C)NC(=O)/C=C/c1ccc(Cl)cc1F.CC(N)=O.COC(C)(C)C.NC=O.O=CNCCCC(=O)NC(CCCCNC(=O)CCC(=O)O[C@H](Cc1ccccc1)C(=O)O)C(=O)O. The molecule has 0 saturated carbocycles. The highest BCUT2D eigenvalue weighted by Crippen LogP contribution is 2.16. The zero-order chi connectivity index (χ0) is 56.7. The predicted octanol–water partition coefficient (Wildman–Crippen LogP) is 6.43. The number of carboxylic acids is 2. The van der Waals surface area contributed by atoms with Crippen LogP contribution in [0.15, 0.2) is 66.8 Å². The summed E-state index contributed by atoms with van der Waals surface area (Å²) in [4.78, 5) is 97.6. The van der Waals surface area contributed by atoms with Crippen LogP contribution in [0.1, 0.15) is 132 Å². The number of unbranched alkanes of at least 4 members (excludes halogenated alkanes) is 1. The zero-order valence-electron chi connectivity index (χ0n) is 43.9. The Kier molecular flexibility index (Phi) is 49.5. The van der Waals surface area contributed by atoms with Gasteiger partial charge in [-0.1, -0.05) is 74.3 Å². The standard InChI is InChI=1S/C24H33N3O9.C12H13ClFNO.C5H12O.C5H10.C2H5NO.C2H6.CH3NO/c28-16-25-13-6-10-21(30)27-18(23(32)33)9-4-5-14-26-20(29)11-12-22(31)36-19(24(34)35)15-17-7-2-1-3-8-17;1-8(2)15-12(16)6-4-9-3-5-10(13)7-11(9)14;1-5(2,3)6-4;1-4-5(2)3;1-2(3)4;1-2;2-1-3/h1-3,7-8,16,18-19H,4-6,9-15H2,(H,25,28)(H,26,29)(H,27,30)(H,32,33)(H,34,35);3-8H,1-2H3,(H,15,16);1-4H3;2,4H2,1,3H3;1H3,(H2,3,4);1-2H3;1H,(H2,2,3)/b;6-4+;;;;;/t18?,19-;;;;;;/m1....../s1. The maximum absolute atomic E-state index is 13.3. The molecule has 2 aromatic carbocycles. The van der Waals surface area contributed by atoms with Crippen LogP contribution in [-0.2, 0) is 59.0 Å². The third-order valence-electron chi connectivity index (χ3n) is 8.08. The van der Waals surface area contributed by atoms with Gasteiger partial charge in [0.25, 0.3) is 0 Å². The van der Waals surface area contributed by atoms with Gasteiger partial charge in [0.2, 0.25) is 42.6 Å². The Balaban J connectivity index is -0.000000337. The minimum atomic E-state index is -1.35. The van der Waals surface area contributed by atoms with Crippen LogP contribution in [0.25, 0.3) is 6.08 Å². The summed E-state index contributed by atoms with van der Waals surface area (Å²) in [5, 5.41) is 29.0. The molecule has 0 bridgehead atoms. The molecule has 0 aliphatic carbocycles. The van der Waals surface area contributed by atoms with Crippen LogP contribution in [0.5, 0.6) is 0 Å². The van der Waals surface area contributed by atoms with E-state index in [2.05, 4.69) is 46.2 Å². The molecule has 0 spiro atoms. The van der Waals surface area contributed by atoms with Crippen LogP contribution in [0, 0.1) is 5.82 Å². The van der Waals surface area contributed by atoms with Crippen LogP contribution in [0.4, 0.5) is 4.39 Å². The van der Waals surface area contributed by atoms with Crippen LogP contribution in [0.3, 0.4) is 0 Å². The number of primary amides is 2. The van der Waals surface area contributed by atoms with Crippen molar-refractivity contribution in [3.05, 3.63) is 88.7 Å². The van der Waals surface area contributed by atoms with Gasteiger partial charge in [0.05, 0.1) is 12.0 Å². The lowest BCUT2D eigenvalue weighted by atomic mass is 10.1. The second kappa shape index (κ2) is 48.0. The first-order valence-electron chi connectivity index (χ1n) is 23.2. The molecule has 6 amide bonds. The van der Waals surface area contributed by atoms with Crippen molar-refractivity contribution in [2.24, 2.45) is 11.5 Å². The summed E-state index contributed by atoms with van der Waals surface area (Å²) in [5.74, 6) is -5.11. The average molecular weight is 1040 g/mol. The summed E-state index contributed by atoms with van der Waals surface area (Å²) in [6, 6.07) is 12.0. The van der Waals surface area contributed by atoms with E-state index in [9.17, 15) is 53.0 Å². The number of halogens is 2. The Bertz CT molecular complexity index is 1890. The molecule has 19 nitrogen and oxygen atoms in total. The van der Waals surface area contributed by atoms with Crippen molar-refractivity contribution in [1.82, 2.24) is 21.3 Å².